The highest BCUT2D eigenvalue weighted by Gasteiger charge is 2.51. The van der Waals surface area contributed by atoms with Gasteiger partial charge in [-0.15, -0.1) is 5.10 Å². The van der Waals surface area contributed by atoms with Gasteiger partial charge in [-0.25, -0.2) is 9.50 Å². The Morgan fingerprint density at radius 3 is 2.57 bits per heavy atom. The van der Waals surface area contributed by atoms with Crippen molar-refractivity contribution in [2.45, 2.75) is 70.8 Å². The number of hydrogen-bond acceptors (Lipinski definition) is 6. The first-order chi connectivity index (χ1) is 16.7. The van der Waals surface area contributed by atoms with Crippen LogP contribution in [0.5, 0.6) is 0 Å². The molecule has 2 fully saturated rings. The first-order valence-corrected chi connectivity index (χ1v) is 12.9. The van der Waals surface area contributed by atoms with Crippen molar-refractivity contribution in [3.8, 4) is 0 Å². The minimum Gasteiger partial charge on any atom is -0.458 e. The van der Waals surface area contributed by atoms with E-state index in [2.05, 4.69) is 15.1 Å². The van der Waals surface area contributed by atoms with E-state index in [-0.39, 0.29) is 24.5 Å². The van der Waals surface area contributed by atoms with Gasteiger partial charge in [-0.2, -0.15) is 4.98 Å². The van der Waals surface area contributed by atoms with Crippen LogP contribution in [0.3, 0.4) is 0 Å². The van der Waals surface area contributed by atoms with Gasteiger partial charge in [0.1, 0.15) is 11.5 Å². The number of hydrogen-bond donors (Lipinski definition) is 0. The molecule has 7 nitrogen and oxygen atoms in total. The summed E-state index contributed by atoms with van der Waals surface area (Å²) in [7, 11) is 0. The zero-order valence-corrected chi connectivity index (χ0v) is 21.4. The Balaban J connectivity index is 1.36. The predicted octanol–water partition coefficient (Wildman–Crippen LogP) is 5.28. The lowest BCUT2D eigenvalue weighted by Crippen LogP contribution is -2.52. The minimum atomic E-state index is -0.895. The van der Waals surface area contributed by atoms with E-state index in [1.54, 1.807) is 10.6 Å². The van der Waals surface area contributed by atoms with E-state index < -0.39 is 17.5 Å². The number of rotatable bonds is 6. The van der Waals surface area contributed by atoms with Gasteiger partial charge in [0.05, 0.1) is 10.0 Å². The molecule has 0 bridgehead atoms. The van der Waals surface area contributed by atoms with Crippen LogP contribution in [0.15, 0.2) is 24.3 Å². The van der Waals surface area contributed by atoms with E-state index in [0.717, 1.165) is 42.6 Å². The monoisotopic (exact) mass is 514 g/mol. The molecule has 1 aromatic carbocycles. The first kappa shape index (κ1) is 24.2. The summed E-state index contributed by atoms with van der Waals surface area (Å²) in [6, 6.07) is 7.46. The molecule has 5 rings (SSSR count). The lowest BCUT2D eigenvalue weighted by atomic mass is 9.73. The summed E-state index contributed by atoms with van der Waals surface area (Å²) in [4.78, 5) is 35.5. The van der Waals surface area contributed by atoms with Crippen LogP contribution in [-0.2, 0) is 27.2 Å². The maximum atomic E-state index is 13.4. The second-order valence-electron chi connectivity index (χ2n) is 9.89. The average Bonchev–Trinajstić information content (AvgIpc) is 3.48. The number of Topliss-reactive ketones (excluding diaryl/α,β-unsaturated/α-hetero) is 1. The van der Waals surface area contributed by atoms with Gasteiger partial charge < -0.3 is 4.74 Å². The summed E-state index contributed by atoms with van der Waals surface area (Å²) in [6.07, 6.45) is 5.67. The number of esters is 1. The first-order valence-electron chi connectivity index (χ1n) is 12.1. The van der Waals surface area contributed by atoms with Crippen molar-refractivity contribution >= 4 is 40.7 Å². The zero-order chi connectivity index (χ0) is 24.7. The normalized spacial score (nSPS) is 23.3. The minimum absolute atomic E-state index is 0.0954. The molecule has 9 heteroatoms. The Morgan fingerprint density at radius 2 is 1.86 bits per heavy atom. The summed E-state index contributed by atoms with van der Waals surface area (Å²) in [6.45, 7) is 3.81. The summed E-state index contributed by atoms with van der Waals surface area (Å²) in [5.74, 6) is -0.388. The molecule has 2 aromatic heterocycles. The van der Waals surface area contributed by atoms with Gasteiger partial charge in [0.15, 0.2) is 11.6 Å². The number of nitrogens with zero attached hydrogens (tertiary/aromatic N) is 4. The summed E-state index contributed by atoms with van der Waals surface area (Å²) in [5.41, 5.74) is 1.96. The SMILES string of the molecule is Cc1cc(C)n2nc(CC3C(=O)CC(CCc4ccc(Cl)c(Cl)c4)(C4CCCC4)OC3=O)nc2n1. The summed E-state index contributed by atoms with van der Waals surface area (Å²) < 4.78 is 7.85. The lowest BCUT2D eigenvalue weighted by molar-refractivity contribution is -0.185. The Morgan fingerprint density at radius 1 is 1.09 bits per heavy atom. The molecule has 1 aliphatic heterocycles. The average molecular weight is 515 g/mol. The third-order valence-corrected chi connectivity index (χ3v) is 8.16. The topological polar surface area (TPSA) is 86.5 Å². The van der Waals surface area contributed by atoms with E-state index in [9.17, 15) is 9.59 Å². The van der Waals surface area contributed by atoms with Crippen LogP contribution in [0.1, 0.15) is 61.3 Å². The highest BCUT2D eigenvalue weighted by Crippen LogP contribution is 2.45. The predicted molar refractivity (Wildman–Crippen MR) is 133 cm³/mol. The third-order valence-electron chi connectivity index (χ3n) is 7.42. The van der Waals surface area contributed by atoms with Gasteiger partial charge >= 0.3 is 5.97 Å². The van der Waals surface area contributed by atoms with Crippen LogP contribution in [-0.4, -0.2) is 36.9 Å². The van der Waals surface area contributed by atoms with Crippen molar-refractivity contribution < 1.29 is 14.3 Å². The largest absolute Gasteiger partial charge is 0.458 e. The van der Waals surface area contributed by atoms with Crippen LogP contribution in [0, 0.1) is 25.7 Å². The number of aromatic nitrogens is 4. The Bertz CT molecular complexity index is 1280. The van der Waals surface area contributed by atoms with E-state index >= 15 is 0 Å². The second-order valence-corrected chi connectivity index (χ2v) is 10.7. The molecule has 184 valence electrons. The molecular weight excluding hydrogens is 487 g/mol. The molecule has 0 amide bonds. The lowest BCUT2D eigenvalue weighted by Gasteiger charge is -2.43. The number of carbonyl (C=O) groups excluding carboxylic acids is 2. The molecule has 1 saturated carbocycles. The molecule has 35 heavy (non-hydrogen) atoms. The maximum absolute atomic E-state index is 13.4. The number of ether oxygens (including phenoxy) is 1. The van der Waals surface area contributed by atoms with Crippen molar-refractivity contribution in [2.75, 3.05) is 0 Å². The number of ketones is 1. The fraction of sp³-hybridized carbons (Fsp3) is 0.500. The van der Waals surface area contributed by atoms with E-state index in [0.29, 0.717) is 34.5 Å². The van der Waals surface area contributed by atoms with E-state index in [1.807, 2.05) is 32.0 Å². The van der Waals surface area contributed by atoms with Gasteiger partial charge in [0.2, 0.25) is 0 Å². The van der Waals surface area contributed by atoms with Crippen LogP contribution in [0.25, 0.3) is 5.78 Å². The molecular formula is C26H28Cl2N4O3. The summed E-state index contributed by atoms with van der Waals surface area (Å²) >= 11 is 12.3. The molecule has 0 N–H and O–H groups in total. The molecule has 1 aliphatic carbocycles. The molecule has 3 aromatic rings. The molecule has 2 aliphatic rings. The number of halogens is 2. The third kappa shape index (κ3) is 4.81. The van der Waals surface area contributed by atoms with Crippen LogP contribution in [0.2, 0.25) is 10.0 Å². The van der Waals surface area contributed by atoms with Crippen LogP contribution < -0.4 is 0 Å². The smallest absolute Gasteiger partial charge is 0.317 e. The van der Waals surface area contributed by atoms with Gasteiger partial charge in [0, 0.05) is 24.2 Å². The Hall–Kier alpha value is -2.51. The number of cyclic esters (lactones) is 1. The van der Waals surface area contributed by atoms with Gasteiger partial charge in [0.25, 0.3) is 5.78 Å². The number of benzene rings is 1. The molecule has 1 saturated heterocycles. The second kappa shape index (κ2) is 9.51. The van der Waals surface area contributed by atoms with Crippen molar-refractivity contribution in [1.29, 1.82) is 0 Å². The molecule has 2 unspecified atom stereocenters. The Labute approximate surface area is 214 Å². The highest BCUT2D eigenvalue weighted by molar-refractivity contribution is 6.42. The standard InChI is InChI=1S/C26H28Cl2N4O3/c1-15-11-16(2)32-25(29-15)30-23(31-32)13-19-22(33)14-26(35-24(19)34,18-5-3-4-6-18)10-9-17-7-8-20(27)21(28)12-17/h7-8,11-12,18-19H,3-6,9-10,13-14H2,1-2H3. The van der Waals surface area contributed by atoms with E-state index in [1.165, 1.54) is 0 Å². The number of carbonyl (C=O) groups is 2. The fourth-order valence-corrected chi connectivity index (χ4v) is 5.93. The van der Waals surface area contributed by atoms with Crippen molar-refractivity contribution in [3.63, 3.8) is 0 Å². The maximum Gasteiger partial charge on any atom is 0.317 e. The quantitative estimate of drug-likeness (QED) is 0.328. The van der Waals surface area contributed by atoms with Gasteiger partial charge in [-0.05, 0) is 69.2 Å². The van der Waals surface area contributed by atoms with Gasteiger partial charge in [-0.1, -0.05) is 42.1 Å². The number of aryl methyl sites for hydroxylation is 3. The van der Waals surface area contributed by atoms with Crippen LogP contribution >= 0.6 is 23.2 Å². The van der Waals surface area contributed by atoms with Crippen molar-refractivity contribution in [3.05, 3.63) is 57.1 Å². The van der Waals surface area contributed by atoms with Crippen LogP contribution in [0.4, 0.5) is 0 Å². The van der Waals surface area contributed by atoms with Crippen molar-refractivity contribution in [2.24, 2.45) is 11.8 Å². The highest BCUT2D eigenvalue weighted by atomic mass is 35.5. The molecule has 3 heterocycles. The Kier molecular flexibility index (Phi) is 6.57. The summed E-state index contributed by atoms with van der Waals surface area (Å²) in [5, 5.41) is 5.48. The number of fused-ring (bicyclic) bond motifs is 1. The molecule has 2 atom stereocenters. The molecule has 0 radical (unpaired) electrons. The zero-order valence-electron chi connectivity index (χ0n) is 19.9. The van der Waals surface area contributed by atoms with Gasteiger partial charge in [-0.3, -0.25) is 9.59 Å². The molecule has 0 spiro atoms. The fourth-order valence-electron chi connectivity index (χ4n) is 5.61. The van der Waals surface area contributed by atoms with E-state index in [4.69, 9.17) is 27.9 Å². The van der Waals surface area contributed by atoms with Crippen molar-refractivity contribution in [1.82, 2.24) is 19.6 Å².